The molecule has 1 heterocycles. The van der Waals surface area contributed by atoms with E-state index in [1.807, 2.05) is 12.1 Å². The zero-order valence-corrected chi connectivity index (χ0v) is 23.0. The molecule has 198 valence electrons. The number of nitrogens with two attached hydrogens (primary N) is 1. The summed E-state index contributed by atoms with van der Waals surface area (Å²) in [6, 6.07) is 16.3. The van der Waals surface area contributed by atoms with Gasteiger partial charge in [0.2, 0.25) is 0 Å². The van der Waals surface area contributed by atoms with E-state index in [0.717, 1.165) is 66.2 Å². The molecule has 0 atom stereocenters. The Balaban J connectivity index is 1.38. The minimum atomic E-state index is -3.87. The number of halogens is 2. The van der Waals surface area contributed by atoms with Crippen LogP contribution in [0.4, 0.5) is 5.69 Å². The lowest BCUT2D eigenvalue weighted by molar-refractivity contribution is 0.344. The highest BCUT2D eigenvalue weighted by Crippen LogP contribution is 2.34. The second-order valence-electron chi connectivity index (χ2n) is 9.64. The van der Waals surface area contributed by atoms with Gasteiger partial charge in [-0.3, -0.25) is 4.72 Å². The summed E-state index contributed by atoms with van der Waals surface area (Å²) >= 11 is 12.8. The fraction of sp³-hybridized carbons (Fsp3) is 0.286. The molecule has 7 nitrogen and oxygen atoms in total. The monoisotopic (exact) mass is 569 g/mol. The minimum absolute atomic E-state index is 0.00529. The summed E-state index contributed by atoms with van der Waals surface area (Å²) in [5.74, 6) is 0. The molecule has 0 amide bonds. The molecule has 5 rings (SSSR count). The molecule has 1 aromatic heterocycles. The van der Waals surface area contributed by atoms with Crippen molar-refractivity contribution in [1.82, 2.24) is 15.3 Å². The fourth-order valence-corrected chi connectivity index (χ4v) is 6.81. The SMILES string of the molecule is NC1CCC(NCCc2cc(-c3ccc(NS(=O)(=O)c4ccccc4Cl)cc3Cl)cc3cncnc23)CC1. The van der Waals surface area contributed by atoms with Crippen LogP contribution in [0, 0.1) is 0 Å². The fourth-order valence-electron chi connectivity index (χ4n) is 4.95. The van der Waals surface area contributed by atoms with Crippen molar-refractivity contribution in [3.63, 3.8) is 0 Å². The first-order valence-corrected chi connectivity index (χ1v) is 14.8. The molecule has 38 heavy (non-hydrogen) atoms. The lowest BCUT2D eigenvalue weighted by Crippen LogP contribution is -2.38. The van der Waals surface area contributed by atoms with Crippen LogP contribution >= 0.6 is 23.2 Å². The van der Waals surface area contributed by atoms with Gasteiger partial charge in [0.05, 0.1) is 21.2 Å². The molecule has 0 unspecified atom stereocenters. The van der Waals surface area contributed by atoms with Crippen molar-refractivity contribution in [3.8, 4) is 11.1 Å². The van der Waals surface area contributed by atoms with Gasteiger partial charge in [-0.2, -0.15) is 0 Å². The molecule has 0 aliphatic heterocycles. The first-order chi connectivity index (χ1) is 18.3. The van der Waals surface area contributed by atoms with Crippen LogP contribution in [-0.4, -0.2) is 37.0 Å². The number of hydrogen-bond donors (Lipinski definition) is 3. The van der Waals surface area contributed by atoms with E-state index >= 15 is 0 Å². The maximum absolute atomic E-state index is 12.8. The largest absolute Gasteiger partial charge is 0.328 e. The van der Waals surface area contributed by atoms with Crippen LogP contribution in [0.1, 0.15) is 31.2 Å². The summed E-state index contributed by atoms with van der Waals surface area (Å²) in [7, 11) is -3.87. The Hall–Kier alpha value is -2.75. The van der Waals surface area contributed by atoms with Crippen LogP contribution in [0.2, 0.25) is 10.0 Å². The van der Waals surface area contributed by atoms with Gasteiger partial charge in [0, 0.05) is 29.2 Å². The van der Waals surface area contributed by atoms with Gasteiger partial charge in [0.25, 0.3) is 10.0 Å². The number of nitrogens with zero attached hydrogens (tertiary/aromatic N) is 2. The van der Waals surface area contributed by atoms with Crippen molar-refractivity contribution in [2.75, 3.05) is 11.3 Å². The average molecular weight is 571 g/mol. The summed E-state index contributed by atoms with van der Waals surface area (Å²) in [5, 5.41) is 5.16. The second kappa shape index (κ2) is 11.6. The van der Waals surface area contributed by atoms with Crippen LogP contribution < -0.4 is 15.8 Å². The normalized spacial score (nSPS) is 18.0. The van der Waals surface area contributed by atoms with Crippen LogP contribution in [-0.2, 0) is 16.4 Å². The molecule has 0 radical (unpaired) electrons. The predicted molar refractivity (Wildman–Crippen MR) is 154 cm³/mol. The number of hydrogen-bond acceptors (Lipinski definition) is 6. The molecule has 0 bridgehead atoms. The minimum Gasteiger partial charge on any atom is -0.328 e. The van der Waals surface area contributed by atoms with Gasteiger partial charge < -0.3 is 11.1 Å². The number of fused-ring (bicyclic) bond motifs is 1. The maximum atomic E-state index is 12.8. The smallest absolute Gasteiger partial charge is 0.263 e. The Morgan fingerprint density at radius 2 is 1.76 bits per heavy atom. The molecule has 3 aromatic carbocycles. The van der Waals surface area contributed by atoms with E-state index in [1.165, 1.54) is 12.1 Å². The van der Waals surface area contributed by atoms with Crippen LogP contribution in [0.25, 0.3) is 22.0 Å². The van der Waals surface area contributed by atoms with Crippen molar-refractivity contribution < 1.29 is 8.42 Å². The molecule has 1 aliphatic rings. The molecule has 4 N–H and O–H groups in total. The summed E-state index contributed by atoms with van der Waals surface area (Å²) in [6.07, 6.45) is 8.49. The van der Waals surface area contributed by atoms with Crippen molar-refractivity contribution in [2.24, 2.45) is 5.73 Å². The first-order valence-electron chi connectivity index (χ1n) is 12.6. The molecule has 4 aromatic rings. The first kappa shape index (κ1) is 26.8. The van der Waals surface area contributed by atoms with E-state index in [9.17, 15) is 8.42 Å². The van der Waals surface area contributed by atoms with Crippen LogP contribution in [0.15, 0.2) is 72.0 Å². The molecule has 1 aliphatic carbocycles. The van der Waals surface area contributed by atoms with Crippen LogP contribution in [0.3, 0.4) is 0 Å². The summed E-state index contributed by atoms with van der Waals surface area (Å²) in [5.41, 5.74) is 10.1. The predicted octanol–water partition coefficient (Wildman–Crippen LogP) is 5.81. The van der Waals surface area contributed by atoms with Gasteiger partial charge >= 0.3 is 0 Å². The third kappa shape index (κ3) is 6.11. The van der Waals surface area contributed by atoms with Gasteiger partial charge in [0.15, 0.2) is 0 Å². The molecule has 0 spiro atoms. The Bertz CT molecular complexity index is 1560. The molecular formula is C28H29Cl2N5O2S. The second-order valence-corrected chi connectivity index (χ2v) is 12.1. The molecule has 1 fully saturated rings. The Morgan fingerprint density at radius 3 is 2.53 bits per heavy atom. The summed E-state index contributed by atoms with van der Waals surface area (Å²) in [4.78, 5) is 8.74. The molecular weight excluding hydrogens is 541 g/mol. The van der Waals surface area contributed by atoms with E-state index in [2.05, 4.69) is 26.1 Å². The zero-order chi connectivity index (χ0) is 26.7. The number of benzene rings is 3. The topological polar surface area (TPSA) is 110 Å². The summed E-state index contributed by atoms with van der Waals surface area (Å²) in [6.45, 7) is 0.832. The highest BCUT2D eigenvalue weighted by atomic mass is 35.5. The average Bonchev–Trinajstić information content (AvgIpc) is 2.89. The Morgan fingerprint density at radius 1 is 0.974 bits per heavy atom. The van der Waals surface area contributed by atoms with E-state index in [1.54, 1.807) is 36.8 Å². The number of aromatic nitrogens is 2. The number of sulfonamides is 1. The van der Waals surface area contributed by atoms with Crippen molar-refractivity contribution >= 4 is 49.8 Å². The summed E-state index contributed by atoms with van der Waals surface area (Å²) < 4.78 is 28.3. The highest BCUT2D eigenvalue weighted by molar-refractivity contribution is 7.92. The highest BCUT2D eigenvalue weighted by Gasteiger charge is 2.20. The van der Waals surface area contributed by atoms with E-state index < -0.39 is 10.0 Å². The standard InChI is InChI=1S/C28H29Cl2N5O2S/c29-25-3-1-2-4-27(25)38(36,37)35-23-9-10-24(26(30)15-23)19-13-18(28-20(14-19)16-32-17-34-28)11-12-33-22-7-5-21(31)6-8-22/h1-4,9-10,13-17,21-22,33,35H,5-8,11-12,31H2. The number of anilines is 1. The van der Waals surface area contributed by atoms with Crippen LogP contribution in [0.5, 0.6) is 0 Å². The third-order valence-electron chi connectivity index (χ3n) is 6.94. The van der Waals surface area contributed by atoms with Crippen molar-refractivity contribution in [2.45, 2.75) is 49.1 Å². The quantitative estimate of drug-likeness (QED) is 0.247. The van der Waals surface area contributed by atoms with Gasteiger partial charge in [-0.25, -0.2) is 18.4 Å². The van der Waals surface area contributed by atoms with E-state index in [4.69, 9.17) is 28.9 Å². The Kier molecular flexibility index (Phi) is 8.16. The zero-order valence-electron chi connectivity index (χ0n) is 20.7. The van der Waals surface area contributed by atoms with Gasteiger partial charge in [-0.05, 0) is 86.2 Å². The third-order valence-corrected chi connectivity index (χ3v) is 9.14. The molecule has 0 saturated heterocycles. The van der Waals surface area contributed by atoms with E-state index in [-0.39, 0.29) is 9.92 Å². The number of nitrogens with one attached hydrogen (secondary N) is 2. The maximum Gasteiger partial charge on any atom is 0.263 e. The molecule has 1 saturated carbocycles. The lowest BCUT2D eigenvalue weighted by atomic mass is 9.91. The van der Waals surface area contributed by atoms with Crippen molar-refractivity contribution in [3.05, 3.63) is 82.7 Å². The van der Waals surface area contributed by atoms with Gasteiger partial charge in [0.1, 0.15) is 11.2 Å². The Labute approximate surface area is 232 Å². The van der Waals surface area contributed by atoms with Crippen molar-refractivity contribution in [1.29, 1.82) is 0 Å². The van der Waals surface area contributed by atoms with Gasteiger partial charge in [-0.1, -0.05) is 41.4 Å². The molecule has 10 heteroatoms. The van der Waals surface area contributed by atoms with E-state index in [0.29, 0.717) is 22.8 Å². The lowest BCUT2D eigenvalue weighted by Gasteiger charge is -2.27. The van der Waals surface area contributed by atoms with Gasteiger partial charge in [-0.15, -0.1) is 0 Å². The number of rotatable bonds is 8.